The summed E-state index contributed by atoms with van der Waals surface area (Å²) >= 11 is 0. The number of hydrogen-bond acceptors (Lipinski definition) is 0. The molecule has 0 amide bonds. The maximum atomic E-state index is 15.0. The largest absolute Gasteiger partial charge is 0.207 e. The molecule has 2 fully saturated rings. The monoisotopic (exact) mass is 450 g/mol. The molecule has 0 saturated heterocycles. The maximum Gasteiger partial charge on any atom is 0.174 e. The van der Waals surface area contributed by atoms with Gasteiger partial charge in [0.1, 0.15) is 5.82 Å². The van der Waals surface area contributed by atoms with Crippen LogP contribution in [0.15, 0.2) is 42.5 Å². The first kappa shape index (κ1) is 23.7. The van der Waals surface area contributed by atoms with Gasteiger partial charge in [0.25, 0.3) is 0 Å². The normalized spacial score (nSPS) is 24.9. The summed E-state index contributed by atoms with van der Waals surface area (Å²) in [4.78, 5) is 0. The van der Waals surface area contributed by atoms with Gasteiger partial charge in [0.05, 0.1) is 5.56 Å². The fourth-order valence-electron chi connectivity index (χ4n) is 5.85. The molecule has 0 aromatic heterocycles. The number of rotatable bonds is 4. The van der Waals surface area contributed by atoms with E-state index in [1.165, 1.54) is 63.6 Å². The van der Waals surface area contributed by atoms with E-state index < -0.39 is 11.6 Å². The Morgan fingerprint density at radius 1 is 0.909 bits per heavy atom. The second-order valence-electron chi connectivity index (χ2n) is 9.90. The minimum absolute atomic E-state index is 0.0118. The number of halogens is 3. The molecule has 33 heavy (non-hydrogen) atoms. The molecule has 4 rings (SSSR count). The molecule has 0 heterocycles. The van der Waals surface area contributed by atoms with Crippen molar-refractivity contribution in [1.29, 1.82) is 0 Å². The molecule has 0 spiro atoms. The third-order valence-corrected chi connectivity index (χ3v) is 7.76. The van der Waals surface area contributed by atoms with Crippen molar-refractivity contribution in [2.75, 3.05) is 0 Å². The lowest BCUT2D eigenvalue weighted by atomic mass is 9.63. The molecule has 0 radical (unpaired) electrons. The van der Waals surface area contributed by atoms with Crippen LogP contribution in [0, 0.1) is 54.0 Å². The van der Waals surface area contributed by atoms with E-state index in [1.54, 1.807) is 6.07 Å². The highest BCUT2D eigenvalue weighted by Crippen LogP contribution is 2.48. The Balaban J connectivity index is 1.40. The summed E-state index contributed by atoms with van der Waals surface area (Å²) in [6, 6.07) is 8.05. The maximum absolute atomic E-state index is 15.0. The van der Waals surface area contributed by atoms with Crippen LogP contribution in [-0.2, 0) is 0 Å². The van der Waals surface area contributed by atoms with Gasteiger partial charge < -0.3 is 0 Å². The molecule has 3 heteroatoms. The van der Waals surface area contributed by atoms with Gasteiger partial charge in [0.2, 0.25) is 0 Å². The Labute approximate surface area is 196 Å². The Bertz CT molecular complexity index is 1070. The summed E-state index contributed by atoms with van der Waals surface area (Å²) in [7, 11) is 0. The van der Waals surface area contributed by atoms with Gasteiger partial charge in [-0.3, -0.25) is 0 Å². The van der Waals surface area contributed by atoms with E-state index in [2.05, 4.69) is 30.9 Å². The van der Waals surface area contributed by atoms with Gasteiger partial charge in [-0.05, 0) is 112 Å². The zero-order chi connectivity index (χ0) is 23.4. The Kier molecular flexibility index (Phi) is 7.63. The second-order valence-corrected chi connectivity index (χ2v) is 9.90. The molecule has 2 aliphatic carbocycles. The van der Waals surface area contributed by atoms with Crippen LogP contribution < -0.4 is 0 Å². The van der Waals surface area contributed by atoms with E-state index in [0.29, 0.717) is 11.5 Å². The van der Waals surface area contributed by atoms with Gasteiger partial charge >= 0.3 is 0 Å². The van der Waals surface area contributed by atoms with E-state index >= 15 is 4.39 Å². The van der Waals surface area contributed by atoms with E-state index in [1.807, 2.05) is 6.07 Å². The summed E-state index contributed by atoms with van der Waals surface area (Å²) in [5.41, 5.74) is 1.49. The van der Waals surface area contributed by atoms with Crippen LogP contribution in [0.1, 0.15) is 86.5 Å². The number of hydrogen-bond donors (Lipinski definition) is 0. The van der Waals surface area contributed by atoms with E-state index in [9.17, 15) is 8.78 Å². The summed E-state index contributed by atoms with van der Waals surface area (Å²) in [6.07, 6.45) is 14.1. The second kappa shape index (κ2) is 10.6. The molecule has 0 N–H and O–H groups in total. The molecule has 0 aliphatic heterocycles. The molecule has 0 nitrogen and oxygen atoms in total. The molecule has 4 unspecified atom stereocenters. The molecule has 2 aromatic carbocycles. The lowest BCUT2D eigenvalue weighted by Crippen LogP contribution is -2.30. The first-order chi connectivity index (χ1) is 16.0. The van der Waals surface area contributed by atoms with Crippen LogP contribution in [0.2, 0.25) is 0 Å². The van der Waals surface area contributed by atoms with Crippen molar-refractivity contribution in [2.24, 2.45) is 17.8 Å². The van der Waals surface area contributed by atoms with Crippen LogP contribution in [0.5, 0.6) is 0 Å². The summed E-state index contributed by atoms with van der Waals surface area (Å²) in [6.45, 7) is 3.59. The highest BCUT2D eigenvalue weighted by atomic mass is 19.2. The van der Waals surface area contributed by atoms with Crippen LogP contribution in [-0.4, -0.2) is 0 Å². The third-order valence-electron chi connectivity index (χ3n) is 7.76. The van der Waals surface area contributed by atoms with Crippen LogP contribution in [0.4, 0.5) is 13.2 Å². The quantitative estimate of drug-likeness (QED) is 0.324. The molecular weight excluding hydrogens is 417 g/mol. The van der Waals surface area contributed by atoms with Crippen molar-refractivity contribution in [3.8, 4) is 11.8 Å². The topological polar surface area (TPSA) is 0 Å². The van der Waals surface area contributed by atoms with Gasteiger partial charge in [-0.2, -0.15) is 0 Å². The van der Waals surface area contributed by atoms with Crippen LogP contribution >= 0.6 is 0 Å². The average molecular weight is 451 g/mol. The summed E-state index contributed by atoms with van der Waals surface area (Å²) < 4.78 is 42.8. The smallest absolute Gasteiger partial charge is 0.174 e. The first-order valence-electron chi connectivity index (χ1n) is 12.3. The van der Waals surface area contributed by atoms with E-state index in [0.717, 1.165) is 30.2 Å². The van der Waals surface area contributed by atoms with E-state index in [4.69, 9.17) is 0 Å². The van der Waals surface area contributed by atoms with Crippen LogP contribution in [0.3, 0.4) is 0 Å². The summed E-state index contributed by atoms with van der Waals surface area (Å²) in [5.74, 6) is 5.98. The number of aryl methyl sites for hydroxylation is 1. The Morgan fingerprint density at radius 3 is 2.48 bits per heavy atom. The minimum Gasteiger partial charge on any atom is -0.207 e. The number of fused-ring (bicyclic) bond motifs is 1. The fraction of sp³-hybridized carbons (Fsp3) is 0.467. The summed E-state index contributed by atoms with van der Waals surface area (Å²) in [5, 5.41) is 0. The third kappa shape index (κ3) is 5.55. The highest BCUT2D eigenvalue weighted by molar-refractivity contribution is 5.45. The molecule has 2 aliphatic rings. The van der Waals surface area contributed by atoms with Crippen molar-refractivity contribution in [2.45, 2.75) is 71.1 Å². The van der Waals surface area contributed by atoms with E-state index in [-0.39, 0.29) is 22.9 Å². The van der Waals surface area contributed by atoms with Crippen molar-refractivity contribution in [1.82, 2.24) is 0 Å². The Hall–Kier alpha value is -2.47. The fourth-order valence-corrected chi connectivity index (χ4v) is 5.85. The molecular formula is C30H33F3. The lowest BCUT2D eigenvalue weighted by Gasteiger charge is -2.42. The zero-order valence-electron chi connectivity index (χ0n) is 19.6. The van der Waals surface area contributed by atoms with Crippen molar-refractivity contribution in [3.63, 3.8) is 0 Å². The SMILES string of the molecule is C/C=C/CCC1CCC2CC(c3ccc(C#Cc4ccc(C)c(F)c4F)cc3F)CCC2C1. The number of allylic oxidation sites excluding steroid dienone is 2. The van der Waals surface area contributed by atoms with Gasteiger partial charge in [-0.15, -0.1) is 0 Å². The average Bonchev–Trinajstić information content (AvgIpc) is 2.82. The van der Waals surface area contributed by atoms with Gasteiger partial charge in [0.15, 0.2) is 11.6 Å². The predicted octanol–water partition coefficient (Wildman–Crippen LogP) is 8.47. The van der Waals surface area contributed by atoms with Crippen molar-refractivity contribution >= 4 is 0 Å². The first-order valence-corrected chi connectivity index (χ1v) is 12.3. The Morgan fingerprint density at radius 2 is 1.70 bits per heavy atom. The standard InChI is InChI=1S/C30H33F3/c1-3-4-5-6-21-9-13-25-19-26(15-14-24(25)17-21)27-16-10-22(18-28(27)31)8-12-23-11-7-20(2)29(32)30(23)33/h3-4,7,10-11,16,18,21,24-26H,5-6,9,13-15,17,19H2,1-2H3/b4-3+. The van der Waals surface area contributed by atoms with Gasteiger partial charge in [0, 0.05) is 5.56 Å². The highest BCUT2D eigenvalue weighted by Gasteiger charge is 2.36. The zero-order valence-corrected chi connectivity index (χ0v) is 19.6. The molecule has 2 saturated carbocycles. The van der Waals surface area contributed by atoms with Gasteiger partial charge in [-0.1, -0.05) is 42.5 Å². The van der Waals surface area contributed by atoms with Crippen molar-refractivity contribution in [3.05, 3.63) is 82.2 Å². The molecule has 2 aromatic rings. The van der Waals surface area contributed by atoms with Gasteiger partial charge in [-0.25, -0.2) is 13.2 Å². The minimum atomic E-state index is -0.951. The molecule has 4 atom stereocenters. The van der Waals surface area contributed by atoms with Crippen LogP contribution in [0.25, 0.3) is 0 Å². The molecule has 174 valence electrons. The predicted molar refractivity (Wildman–Crippen MR) is 128 cm³/mol. The van der Waals surface area contributed by atoms with Crippen molar-refractivity contribution < 1.29 is 13.2 Å². The number of benzene rings is 2. The lowest BCUT2D eigenvalue weighted by molar-refractivity contribution is 0.114. The molecule has 0 bridgehead atoms.